The maximum atomic E-state index is 12.9. The van der Waals surface area contributed by atoms with Crippen LogP contribution in [0.2, 0.25) is 0 Å². The summed E-state index contributed by atoms with van der Waals surface area (Å²) in [7, 11) is 0. The lowest BCUT2D eigenvalue weighted by Gasteiger charge is -2.09. The molecule has 0 saturated heterocycles. The molecule has 3 rings (SSSR count). The van der Waals surface area contributed by atoms with Gasteiger partial charge in [-0.15, -0.1) is 11.3 Å². The molecule has 1 aromatic carbocycles. The SMILES string of the molecule is FC(F)(F)c1ccncc1-c1nc2ccccc2s1. The molecule has 0 N–H and O–H groups in total. The second-order valence-corrected chi connectivity index (χ2v) is 4.94. The summed E-state index contributed by atoms with van der Waals surface area (Å²) in [4.78, 5) is 8.01. The van der Waals surface area contributed by atoms with Crippen molar-refractivity contribution >= 4 is 21.6 Å². The number of hydrogen-bond acceptors (Lipinski definition) is 3. The van der Waals surface area contributed by atoms with Crippen molar-refractivity contribution in [2.24, 2.45) is 0 Å². The first kappa shape index (κ1) is 12.1. The summed E-state index contributed by atoms with van der Waals surface area (Å²) in [5.41, 5.74) is 0.0113. The summed E-state index contributed by atoms with van der Waals surface area (Å²) in [6.07, 6.45) is -2.06. The molecular formula is C13H7F3N2S. The van der Waals surface area contributed by atoms with E-state index in [9.17, 15) is 13.2 Å². The smallest absolute Gasteiger partial charge is 0.264 e. The van der Waals surface area contributed by atoms with Crippen molar-refractivity contribution in [2.75, 3.05) is 0 Å². The standard InChI is InChI=1S/C13H7F3N2S/c14-13(15,16)9-5-6-17-7-8(9)12-18-10-3-1-2-4-11(10)19-12/h1-7H. The summed E-state index contributed by atoms with van der Waals surface area (Å²) < 4.78 is 39.7. The number of hydrogen-bond donors (Lipinski definition) is 0. The molecule has 0 aliphatic rings. The van der Waals surface area contributed by atoms with Crippen molar-refractivity contribution in [1.29, 1.82) is 0 Å². The van der Waals surface area contributed by atoms with E-state index >= 15 is 0 Å². The minimum atomic E-state index is -4.41. The number of nitrogens with zero attached hydrogens (tertiary/aromatic N) is 2. The first-order valence-electron chi connectivity index (χ1n) is 5.43. The van der Waals surface area contributed by atoms with Crippen LogP contribution < -0.4 is 0 Å². The summed E-state index contributed by atoms with van der Waals surface area (Å²) in [5, 5.41) is 0.335. The third kappa shape index (κ3) is 2.19. The Morgan fingerprint density at radius 3 is 2.58 bits per heavy atom. The van der Waals surface area contributed by atoms with Gasteiger partial charge in [0.15, 0.2) is 0 Å². The zero-order valence-corrected chi connectivity index (χ0v) is 10.3. The van der Waals surface area contributed by atoms with Gasteiger partial charge >= 0.3 is 6.18 Å². The number of thiazole rings is 1. The fraction of sp³-hybridized carbons (Fsp3) is 0.0769. The summed E-state index contributed by atoms with van der Waals surface area (Å²) in [6, 6.07) is 8.22. The fourth-order valence-corrected chi connectivity index (χ4v) is 2.79. The third-order valence-corrected chi connectivity index (χ3v) is 3.72. The molecule has 2 aromatic heterocycles. The normalized spacial score (nSPS) is 11.9. The van der Waals surface area contributed by atoms with Crippen LogP contribution in [-0.4, -0.2) is 9.97 Å². The molecule has 0 spiro atoms. The zero-order valence-electron chi connectivity index (χ0n) is 9.48. The molecule has 3 aromatic rings. The van der Waals surface area contributed by atoms with Crippen LogP contribution in [0.25, 0.3) is 20.8 Å². The lowest BCUT2D eigenvalue weighted by molar-refractivity contribution is -0.137. The predicted octanol–water partition coefficient (Wildman–Crippen LogP) is 4.38. The van der Waals surface area contributed by atoms with E-state index in [1.54, 1.807) is 12.1 Å². The molecule has 0 unspecified atom stereocenters. The highest BCUT2D eigenvalue weighted by Gasteiger charge is 2.34. The number of halogens is 3. The highest BCUT2D eigenvalue weighted by Crippen LogP contribution is 2.38. The molecule has 0 atom stereocenters. The monoisotopic (exact) mass is 280 g/mol. The van der Waals surface area contributed by atoms with Crippen LogP contribution in [0.4, 0.5) is 13.2 Å². The van der Waals surface area contributed by atoms with Crippen LogP contribution in [0, 0.1) is 0 Å². The average molecular weight is 280 g/mol. The maximum Gasteiger partial charge on any atom is 0.417 e. The number of fused-ring (bicyclic) bond motifs is 1. The Kier molecular flexibility index (Phi) is 2.74. The second kappa shape index (κ2) is 4.31. The molecule has 0 radical (unpaired) electrons. The highest BCUT2D eigenvalue weighted by atomic mass is 32.1. The van der Waals surface area contributed by atoms with Crippen LogP contribution >= 0.6 is 11.3 Å². The van der Waals surface area contributed by atoms with Gasteiger partial charge in [-0.2, -0.15) is 13.2 Å². The minimum Gasteiger partial charge on any atom is -0.264 e. The molecular weight excluding hydrogens is 273 g/mol. The number of aromatic nitrogens is 2. The van der Waals surface area contributed by atoms with Crippen molar-refractivity contribution in [3.05, 3.63) is 48.3 Å². The summed E-state index contributed by atoms with van der Waals surface area (Å²) >= 11 is 1.23. The summed E-state index contributed by atoms with van der Waals surface area (Å²) in [6.45, 7) is 0. The Morgan fingerprint density at radius 2 is 1.84 bits per heavy atom. The first-order chi connectivity index (χ1) is 9.05. The van der Waals surface area contributed by atoms with Crippen molar-refractivity contribution in [3.8, 4) is 10.6 Å². The van der Waals surface area contributed by atoms with Gasteiger partial charge in [0.05, 0.1) is 15.8 Å². The number of rotatable bonds is 1. The van der Waals surface area contributed by atoms with Crippen molar-refractivity contribution in [1.82, 2.24) is 9.97 Å². The van der Waals surface area contributed by atoms with E-state index in [-0.39, 0.29) is 5.56 Å². The van der Waals surface area contributed by atoms with Gasteiger partial charge < -0.3 is 0 Å². The largest absolute Gasteiger partial charge is 0.417 e. The molecule has 0 amide bonds. The molecule has 96 valence electrons. The van der Waals surface area contributed by atoms with E-state index in [0.29, 0.717) is 10.5 Å². The van der Waals surface area contributed by atoms with Gasteiger partial charge in [-0.3, -0.25) is 4.98 Å². The molecule has 0 aliphatic heterocycles. The number of para-hydroxylation sites is 1. The Balaban J connectivity index is 2.22. The number of pyridine rings is 1. The average Bonchev–Trinajstić information content (AvgIpc) is 2.81. The molecule has 0 aliphatic carbocycles. The van der Waals surface area contributed by atoms with E-state index < -0.39 is 11.7 Å². The van der Waals surface area contributed by atoms with Gasteiger partial charge in [-0.1, -0.05) is 12.1 Å². The van der Waals surface area contributed by atoms with Crippen LogP contribution in [0.5, 0.6) is 0 Å². The Morgan fingerprint density at radius 1 is 1.05 bits per heavy atom. The molecule has 0 saturated carbocycles. The molecule has 0 bridgehead atoms. The Hall–Kier alpha value is -1.95. The molecule has 2 heterocycles. The van der Waals surface area contributed by atoms with Gasteiger partial charge in [0.2, 0.25) is 0 Å². The molecule has 2 nitrogen and oxygen atoms in total. The Labute approximate surface area is 110 Å². The lowest BCUT2D eigenvalue weighted by Crippen LogP contribution is -2.07. The van der Waals surface area contributed by atoms with Gasteiger partial charge in [0.25, 0.3) is 0 Å². The minimum absolute atomic E-state index is 0.0243. The summed E-state index contributed by atoms with van der Waals surface area (Å²) in [5.74, 6) is 0. The van der Waals surface area contributed by atoms with Gasteiger partial charge in [-0.05, 0) is 18.2 Å². The van der Waals surface area contributed by atoms with Crippen molar-refractivity contribution < 1.29 is 13.2 Å². The quantitative estimate of drug-likeness (QED) is 0.661. The van der Waals surface area contributed by atoms with E-state index in [1.165, 1.54) is 17.5 Å². The van der Waals surface area contributed by atoms with E-state index in [0.717, 1.165) is 17.0 Å². The fourth-order valence-electron chi connectivity index (χ4n) is 1.80. The molecule has 6 heteroatoms. The third-order valence-electron chi connectivity index (χ3n) is 2.65. The van der Waals surface area contributed by atoms with Crippen LogP contribution in [0.1, 0.15) is 5.56 Å². The topological polar surface area (TPSA) is 25.8 Å². The van der Waals surface area contributed by atoms with Crippen LogP contribution in [-0.2, 0) is 6.18 Å². The Bertz CT molecular complexity index is 701. The molecule has 0 fully saturated rings. The molecule has 19 heavy (non-hydrogen) atoms. The van der Waals surface area contributed by atoms with Gasteiger partial charge in [0, 0.05) is 18.0 Å². The maximum absolute atomic E-state index is 12.9. The van der Waals surface area contributed by atoms with Crippen LogP contribution in [0.15, 0.2) is 42.7 Å². The van der Waals surface area contributed by atoms with E-state index in [4.69, 9.17) is 0 Å². The first-order valence-corrected chi connectivity index (χ1v) is 6.24. The zero-order chi connectivity index (χ0) is 13.5. The van der Waals surface area contributed by atoms with E-state index in [2.05, 4.69) is 9.97 Å². The number of alkyl halides is 3. The van der Waals surface area contributed by atoms with Crippen molar-refractivity contribution in [3.63, 3.8) is 0 Å². The van der Waals surface area contributed by atoms with Gasteiger partial charge in [0.1, 0.15) is 5.01 Å². The highest BCUT2D eigenvalue weighted by molar-refractivity contribution is 7.21. The second-order valence-electron chi connectivity index (χ2n) is 3.91. The van der Waals surface area contributed by atoms with Crippen LogP contribution in [0.3, 0.4) is 0 Å². The van der Waals surface area contributed by atoms with E-state index in [1.807, 2.05) is 12.1 Å². The van der Waals surface area contributed by atoms with Gasteiger partial charge in [-0.25, -0.2) is 4.98 Å². The predicted molar refractivity (Wildman–Crippen MR) is 67.9 cm³/mol. The lowest BCUT2D eigenvalue weighted by atomic mass is 10.1. The van der Waals surface area contributed by atoms with Crippen molar-refractivity contribution in [2.45, 2.75) is 6.18 Å². The number of benzene rings is 1.